The molecule has 2 aliphatic carbocycles. The maximum Gasteiger partial charge on any atom is 0.335 e. The quantitative estimate of drug-likeness (QED) is 0.833. The van der Waals surface area contributed by atoms with Crippen LogP contribution in [0.15, 0.2) is 36.4 Å². The molecule has 4 rings (SSSR count). The van der Waals surface area contributed by atoms with Crippen molar-refractivity contribution in [2.75, 3.05) is 0 Å². The van der Waals surface area contributed by atoms with Crippen LogP contribution in [-0.2, 0) is 25.7 Å². The van der Waals surface area contributed by atoms with Gasteiger partial charge in [0.25, 0.3) is 0 Å². The molecule has 2 N–H and O–H groups in total. The van der Waals surface area contributed by atoms with Gasteiger partial charge in [0.2, 0.25) is 0 Å². The molecule has 0 saturated carbocycles. The molecule has 2 aromatic carbocycles. The van der Waals surface area contributed by atoms with Crippen molar-refractivity contribution < 1.29 is 19.8 Å². The van der Waals surface area contributed by atoms with Gasteiger partial charge in [0.05, 0.1) is 11.1 Å². The molecule has 0 amide bonds. The van der Waals surface area contributed by atoms with Crippen LogP contribution in [0, 0.1) is 0 Å². The Morgan fingerprint density at radius 3 is 1.27 bits per heavy atom. The summed E-state index contributed by atoms with van der Waals surface area (Å²) >= 11 is 0. The average molecular weight is 352 g/mol. The number of hydrogen-bond donors (Lipinski definition) is 2. The third-order valence-electron chi connectivity index (χ3n) is 5.19. The van der Waals surface area contributed by atoms with E-state index < -0.39 is 11.9 Å². The highest BCUT2D eigenvalue weighted by molar-refractivity contribution is 5.88. The zero-order valence-corrected chi connectivity index (χ0v) is 14.8. The number of carbonyl (C=O) groups is 2. The Hall–Kier alpha value is -2.62. The van der Waals surface area contributed by atoms with Gasteiger partial charge >= 0.3 is 11.9 Å². The topological polar surface area (TPSA) is 74.6 Å². The molecule has 0 saturated heterocycles. The number of carboxylic acids is 2. The zero-order chi connectivity index (χ0) is 18.5. The fourth-order valence-electron chi connectivity index (χ4n) is 3.73. The summed E-state index contributed by atoms with van der Waals surface area (Å²) in [5, 5.41) is 17.6. The van der Waals surface area contributed by atoms with Gasteiger partial charge in [-0.15, -0.1) is 0 Å². The van der Waals surface area contributed by atoms with Crippen LogP contribution in [0.1, 0.15) is 68.7 Å². The number of hydrogen-bond acceptors (Lipinski definition) is 2. The maximum absolute atomic E-state index is 10.7. The lowest BCUT2D eigenvalue weighted by Gasteiger charge is -2.15. The molecule has 136 valence electrons. The Morgan fingerprint density at radius 2 is 0.923 bits per heavy atom. The van der Waals surface area contributed by atoms with Gasteiger partial charge in [-0.05, 0) is 97.9 Å². The zero-order valence-electron chi connectivity index (χ0n) is 14.8. The number of rotatable bonds is 2. The van der Waals surface area contributed by atoms with Crippen molar-refractivity contribution in [3.05, 3.63) is 69.8 Å². The Morgan fingerprint density at radius 1 is 0.577 bits per heavy atom. The molecule has 0 radical (unpaired) electrons. The SMILES string of the molecule is O=C(O)c1ccc2c(c1)CCCC2.O=C(O)c1ccc2c(c1)CCCC2. The van der Waals surface area contributed by atoms with Gasteiger partial charge in [-0.3, -0.25) is 0 Å². The van der Waals surface area contributed by atoms with E-state index in [1.165, 1.54) is 47.9 Å². The first kappa shape index (κ1) is 18.2. The van der Waals surface area contributed by atoms with Gasteiger partial charge in [0, 0.05) is 0 Å². The van der Waals surface area contributed by atoms with Gasteiger partial charge in [-0.1, -0.05) is 12.1 Å². The summed E-state index contributed by atoms with van der Waals surface area (Å²) in [6.07, 6.45) is 9.14. The third-order valence-corrected chi connectivity index (χ3v) is 5.19. The standard InChI is InChI=1S/2C11H12O2/c2*12-11(13)10-6-5-8-3-1-2-4-9(8)7-10/h2*5-7H,1-4H2,(H,12,13). The number of aryl methyl sites for hydroxylation is 4. The number of fused-ring (bicyclic) bond motifs is 2. The van der Waals surface area contributed by atoms with Crippen LogP contribution < -0.4 is 0 Å². The minimum Gasteiger partial charge on any atom is -0.478 e. The molecular formula is C22H24O4. The molecule has 2 aliphatic rings. The molecule has 0 aromatic heterocycles. The second kappa shape index (κ2) is 8.17. The van der Waals surface area contributed by atoms with Crippen LogP contribution in [0.3, 0.4) is 0 Å². The van der Waals surface area contributed by atoms with Gasteiger partial charge in [0.1, 0.15) is 0 Å². The molecule has 0 unspecified atom stereocenters. The van der Waals surface area contributed by atoms with Crippen molar-refractivity contribution in [3.63, 3.8) is 0 Å². The summed E-state index contributed by atoms with van der Waals surface area (Å²) in [5.41, 5.74) is 5.95. The molecule has 4 heteroatoms. The van der Waals surface area contributed by atoms with Crippen LogP contribution >= 0.6 is 0 Å². The van der Waals surface area contributed by atoms with E-state index in [9.17, 15) is 9.59 Å². The normalized spacial score (nSPS) is 15.1. The number of carboxylic acid groups (broad SMARTS) is 2. The molecular weight excluding hydrogens is 328 g/mol. The second-order valence-electron chi connectivity index (χ2n) is 6.99. The Labute approximate surface area is 153 Å². The van der Waals surface area contributed by atoms with E-state index in [4.69, 9.17) is 10.2 Å². The lowest BCUT2D eigenvalue weighted by atomic mass is 9.90. The van der Waals surface area contributed by atoms with Crippen LogP contribution in [0.4, 0.5) is 0 Å². The molecule has 26 heavy (non-hydrogen) atoms. The van der Waals surface area contributed by atoms with Crippen LogP contribution in [0.2, 0.25) is 0 Å². The Balaban J connectivity index is 0.000000151. The highest BCUT2D eigenvalue weighted by Gasteiger charge is 2.12. The van der Waals surface area contributed by atoms with Gasteiger partial charge < -0.3 is 10.2 Å². The van der Waals surface area contributed by atoms with Crippen LogP contribution in [-0.4, -0.2) is 22.2 Å². The minimum absolute atomic E-state index is 0.417. The number of aromatic carboxylic acids is 2. The first-order valence-corrected chi connectivity index (χ1v) is 9.25. The summed E-state index contributed by atoms with van der Waals surface area (Å²) in [7, 11) is 0. The minimum atomic E-state index is -0.826. The van der Waals surface area contributed by atoms with Gasteiger partial charge in [-0.2, -0.15) is 0 Å². The van der Waals surface area contributed by atoms with Crippen molar-refractivity contribution in [1.82, 2.24) is 0 Å². The van der Waals surface area contributed by atoms with Crippen molar-refractivity contribution >= 4 is 11.9 Å². The summed E-state index contributed by atoms with van der Waals surface area (Å²) < 4.78 is 0. The van der Waals surface area contributed by atoms with Crippen molar-refractivity contribution in [2.24, 2.45) is 0 Å². The van der Waals surface area contributed by atoms with E-state index in [0.29, 0.717) is 11.1 Å². The highest BCUT2D eigenvalue weighted by atomic mass is 16.4. The maximum atomic E-state index is 10.7. The monoisotopic (exact) mass is 352 g/mol. The molecule has 0 aliphatic heterocycles. The van der Waals surface area contributed by atoms with Crippen molar-refractivity contribution in [3.8, 4) is 0 Å². The van der Waals surface area contributed by atoms with Crippen LogP contribution in [0.5, 0.6) is 0 Å². The Kier molecular flexibility index (Phi) is 5.71. The summed E-state index contributed by atoms with van der Waals surface area (Å²) in [5.74, 6) is -1.65. The van der Waals surface area contributed by atoms with Crippen LogP contribution in [0.25, 0.3) is 0 Å². The molecule has 0 spiro atoms. The van der Waals surface area contributed by atoms with E-state index in [2.05, 4.69) is 0 Å². The van der Waals surface area contributed by atoms with Gasteiger partial charge in [0.15, 0.2) is 0 Å². The molecule has 4 nitrogen and oxygen atoms in total. The summed E-state index contributed by atoms with van der Waals surface area (Å²) in [6.45, 7) is 0. The second-order valence-corrected chi connectivity index (χ2v) is 6.99. The average Bonchev–Trinajstić information content (AvgIpc) is 2.67. The summed E-state index contributed by atoms with van der Waals surface area (Å²) in [6, 6.07) is 10.9. The van der Waals surface area contributed by atoms with E-state index >= 15 is 0 Å². The molecule has 0 heterocycles. The largest absolute Gasteiger partial charge is 0.478 e. The molecule has 0 atom stereocenters. The third kappa shape index (κ3) is 4.31. The van der Waals surface area contributed by atoms with Gasteiger partial charge in [-0.25, -0.2) is 9.59 Å². The first-order chi connectivity index (χ1) is 12.5. The van der Waals surface area contributed by atoms with Crippen molar-refractivity contribution in [2.45, 2.75) is 51.4 Å². The lowest BCUT2D eigenvalue weighted by Crippen LogP contribution is -2.05. The highest BCUT2D eigenvalue weighted by Crippen LogP contribution is 2.23. The Bertz CT molecular complexity index is 753. The molecule has 2 aromatic rings. The van der Waals surface area contributed by atoms with E-state index in [-0.39, 0.29) is 0 Å². The lowest BCUT2D eigenvalue weighted by molar-refractivity contribution is 0.0686. The molecule has 0 fully saturated rings. The first-order valence-electron chi connectivity index (χ1n) is 9.25. The van der Waals surface area contributed by atoms with E-state index in [1.807, 2.05) is 24.3 Å². The van der Waals surface area contributed by atoms with E-state index in [1.54, 1.807) is 12.1 Å². The number of benzene rings is 2. The predicted molar refractivity (Wildman–Crippen MR) is 100 cm³/mol. The molecule has 0 bridgehead atoms. The fraction of sp³-hybridized carbons (Fsp3) is 0.364. The van der Waals surface area contributed by atoms with Crippen molar-refractivity contribution in [1.29, 1.82) is 0 Å². The predicted octanol–water partition coefficient (Wildman–Crippen LogP) is 4.53. The smallest absolute Gasteiger partial charge is 0.335 e. The fourth-order valence-corrected chi connectivity index (χ4v) is 3.73. The van der Waals surface area contributed by atoms with E-state index in [0.717, 1.165) is 25.7 Å². The summed E-state index contributed by atoms with van der Waals surface area (Å²) in [4.78, 5) is 21.4.